The van der Waals surface area contributed by atoms with Gasteiger partial charge >= 0.3 is 0 Å². The van der Waals surface area contributed by atoms with Crippen LogP contribution in [0.1, 0.15) is 27.2 Å². The van der Waals surface area contributed by atoms with Gasteiger partial charge in [0.25, 0.3) is 0 Å². The van der Waals surface area contributed by atoms with E-state index in [9.17, 15) is 0 Å². The molecule has 0 aromatic heterocycles. The summed E-state index contributed by atoms with van der Waals surface area (Å²) in [5.74, 6) is 1.04. The lowest BCUT2D eigenvalue weighted by Gasteiger charge is -2.31. The third-order valence-electron chi connectivity index (χ3n) is 1.76. The van der Waals surface area contributed by atoms with Crippen LogP contribution in [0.5, 0.6) is 0 Å². The number of hydrogen-bond donors (Lipinski definition) is 1. The fraction of sp³-hybridized carbons (Fsp3) is 0.889. The molecule has 1 aliphatic heterocycles. The lowest BCUT2D eigenvalue weighted by molar-refractivity contribution is 0.407. The first kappa shape index (κ1) is 9.36. The van der Waals surface area contributed by atoms with E-state index in [1.54, 1.807) is 0 Å². The number of guanidine groups is 1. The highest BCUT2D eigenvalue weighted by atomic mass is 15.3. The average Bonchev–Trinajstić information content (AvgIpc) is 1.91. The van der Waals surface area contributed by atoms with E-state index in [2.05, 4.69) is 43.0 Å². The second-order valence-corrected chi connectivity index (χ2v) is 4.36. The maximum absolute atomic E-state index is 4.43. The molecular formula is C9H19N3. The number of nitrogens with one attached hydrogen (secondary N) is 1. The fourth-order valence-corrected chi connectivity index (χ4v) is 1.19. The molecule has 3 heteroatoms. The molecule has 0 bridgehead atoms. The van der Waals surface area contributed by atoms with E-state index in [0.29, 0.717) is 0 Å². The Labute approximate surface area is 74.9 Å². The summed E-state index contributed by atoms with van der Waals surface area (Å²) < 4.78 is 0. The van der Waals surface area contributed by atoms with E-state index in [-0.39, 0.29) is 5.54 Å². The van der Waals surface area contributed by atoms with E-state index in [4.69, 9.17) is 0 Å². The maximum atomic E-state index is 4.43. The van der Waals surface area contributed by atoms with Gasteiger partial charge in [0.15, 0.2) is 5.96 Å². The van der Waals surface area contributed by atoms with Crippen molar-refractivity contribution < 1.29 is 0 Å². The summed E-state index contributed by atoms with van der Waals surface area (Å²) in [5, 5.41) is 3.38. The van der Waals surface area contributed by atoms with Crippen LogP contribution >= 0.6 is 0 Å². The second kappa shape index (κ2) is 3.33. The van der Waals surface area contributed by atoms with Crippen LogP contribution in [0.15, 0.2) is 4.99 Å². The summed E-state index contributed by atoms with van der Waals surface area (Å²) >= 11 is 0. The molecule has 0 saturated heterocycles. The zero-order valence-corrected chi connectivity index (χ0v) is 8.52. The first-order valence-corrected chi connectivity index (χ1v) is 4.53. The minimum absolute atomic E-state index is 0.116. The van der Waals surface area contributed by atoms with Gasteiger partial charge in [0.05, 0.1) is 0 Å². The number of aliphatic imine (C=N–C) groups is 1. The van der Waals surface area contributed by atoms with Crippen molar-refractivity contribution in [2.75, 3.05) is 20.1 Å². The molecule has 12 heavy (non-hydrogen) atoms. The predicted molar refractivity (Wildman–Crippen MR) is 52.4 cm³/mol. The summed E-state index contributed by atoms with van der Waals surface area (Å²) in [6, 6.07) is 0. The van der Waals surface area contributed by atoms with Crippen LogP contribution in [-0.4, -0.2) is 36.5 Å². The van der Waals surface area contributed by atoms with Crippen molar-refractivity contribution >= 4 is 5.96 Å². The third kappa shape index (κ3) is 2.72. The van der Waals surface area contributed by atoms with Gasteiger partial charge in [-0.3, -0.25) is 4.99 Å². The van der Waals surface area contributed by atoms with E-state index in [1.165, 1.54) is 6.42 Å². The second-order valence-electron chi connectivity index (χ2n) is 4.36. The van der Waals surface area contributed by atoms with Gasteiger partial charge in [-0.25, -0.2) is 0 Å². The molecule has 0 aromatic carbocycles. The van der Waals surface area contributed by atoms with Crippen LogP contribution in [0.3, 0.4) is 0 Å². The summed E-state index contributed by atoms with van der Waals surface area (Å²) in [5.41, 5.74) is 0.116. The van der Waals surface area contributed by atoms with E-state index >= 15 is 0 Å². The summed E-state index contributed by atoms with van der Waals surface area (Å²) in [6.07, 6.45) is 1.17. The van der Waals surface area contributed by atoms with Gasteiger partial charge in [0, 0.05) is 25.7 Å². The molecule has 1 aliphatic rings. The van der Waals surface area contributed by atoms with Crippen LogP contribution in [-0.2, 0) is 0 Å². The highest BCUT2D eigenvalue weighted by molar-refractivity contribution is 5.80. The summed E-state index contributed by atoms with van der Waals surface area (Å²) in [7, 11) is 2.08. The number of rotatable bonds is 0. The molecule has 0 amide bonds. The van der Waals surface area contributed by atoms with Crippen LogP contribution in [0, 0.1) is 0 Å². The monoisotopic (exact) mass is 169 g/mol. The van der Waals surface area contributed by atoms with E-state index < -0.39 is 0 Å². The lowest BCUT2D eigenvalue weighted by atomic mass is 10.1. The zero-order chi connectivity index (χ0) is 9.19. The zero-order valence-electron chi connectivity index (χ0n) is 8.52. The molecule has 0 aromatic rings. The lowest BCUT2D eigenvalue weighted by Crippen LogP contribution is -2.50. The van der Waals surface area contributed by atoms with Crippen molar-refractivity contribution in [3.05, 3.63) is 0 Å². The molecule has 0 radical (unpaired) electrons. The maximum Gasteiger partial charge on any atom is 0.194 e. The van der Waals surface area contributed by atoms with Gasteiger partial charge in [-0.1, -0.05) is 0 Å². The Kier molecular flexibility index (Phi) is 2.60. The van der Waals surface area contributed by atoms with Gasteiger partial charge in [-0.2, -0.15) is 0 Å². The van der Waals surface area contributed by atoms with Gasteiger partial charge in [0.2, 0.25) is 0 Å². The Morgan fingerprint density at radius 1 is 1.42 bits per heavy atom. The normalized spacial score (nSPS) is 19.0. The molecule has 70 valence electrons. The minimum Gasteiger partial charge on any atom is -0.352 e. The molecule has 0 atom stereocenters. The Morgan fingerprint density at radius 3 is 2.58 bits per heavy atom. The number of hydrogen-bond acceptors (Lipinski definition) is 3. The SMILES string of the molecule is CN1CCCN=C1NC(C)(C)C. The molecule has 0 fully saturated rings. The molecule has 0 unspecified atom stereocenters. The van der Waals surface area contributed by atoms with Crippen molar-refractivity contribution in [1.82, 2.24) is 10.2 Å². The van der Waals surface area contributed by atoms with Crippen LogP contribution in [0.2, 0.25) is 0 Å². The highest BCUT2D eigenvalue weighted by Gasteiger charge is 2.16. The van der Waals surface area contributed by atoms with Crippen LogP contribution in [0.4, 0.5) is 0 Å². The van der Waals surface area contributed by atoms with Crippen molar-refractivity contribution in [3.63, 3.8) is 0 Å². The Hall–Kier alpha value is -0.730. The largest absolute Gasteiger partial charge is 0.352 e. The summed E-state index contributed by atoms with van der Waals surface area (Å²) in [6.45, 7) is 8.53. The first-order chi connectivity index (χ1) is 5.49. The van der Waals surface area contributed by atoms with Gasteiger partial charge in [-0.15, -0.1) is 0 Å². The van der Waals surface area contributed by atoms with Gasteiger partial charge in [0.1, 0.15) is 0 Å². The quantitative estimate of drug-likeness (QED) is 0.587. The predicted octanol–water partition coefficient (Wildman–Crippen LogP) is 1.07. The van der Waals surface area contributed by atoms with E-state index in [1.807, 2.05) is 0 Å². The molecule has 0 aliphatic carbocycles. The van der Waals surface area contributed by atoms with Crippen LogP contribution in [0.25, 0.3) is 0 Å². The van der Waals surface area contributed by atoms with Crippen LogP contribution < -0.4 is 5.32 Å². The molecular weight excluding hydrogens is 150 g/mol. The minimum atomic E-state index is 0.116. The Morgan fingerprint density at radius 2 is 2.08 bits per heavy atom. The molecule has 1 rings (SSSR count). The molecule has 3 nitrogen and oxygen atoms in total. The molecule has 0 saturated carbocycles. The van der Waals surface area contributed by atoms with Crippen molar-refractivity contribution in [1.29, 1.82) is 0 Å². The fourth-order valence-electron chi connectivity index (χ4n) is 1.19. The van der Waals surface area contributed by atoms with Gasteiger partial charge in [-0.05, 0) is 27.2 Å². The molecule has 0 spiro atoms. The average molecular weight is 169 g/mol. The molecule has 1 heterocycles. The van der Waals surface area contributed by atoms with Gasteiger partial charge < -0.3 is 10.2 Å². The highest BCUT2D eigenvalue weighted by Crippen LogP contribution is 2.04. The molecule has 1 N–H and O–H groups in total. The number of nitrogens with zero attached hydrogens (tertiary/aromatic N) is 2. The third-order valence-corrected chi connectivity index (χ3v) is 1.76. The van der Waals surface area contributed by atoms with Crippen molar-refractivity contribution in [2.45, 2.75) is 32.7 Å². The smallest absolute Gasteiger partial charge is 0.194 e. The first-order valence-electron chi connectivity index (χ1n) is 4.53. The summed E-state index contributed by atoms with van der Waals surface area (Å²) in [4.78, 5) is 6.60. The topological polar surface area (TPSA) is 27.6 Å². The van der Waals surface area contributed by atoms with Crippen molar-refractivity contribution in [3.8, 4) is 0 Å². The standard InChI is InChI=1S/C9H19N3/c1-9(2,3)11-8-10-6-5-7-12(8)4/h5-7H2,1-4H3,(H,10,11). The van der Waals surface area contributed by atoms with Crippen molar-refractivity contribution in [2.24, 2.45) is 4.99 Å². The Balaban J connectivity index is 2.55. The van der Waals surface area contributed by atoms with E-state index in [0.717, 1.165) is 19.0 Å². The Bertz CT molecular complexity index is 179.